The van der Waals surface area contributed by atoms with Gasteiger partial charge in [-0.2, -0.15) is 0 Å². The normalized spacial score (nSPS) is 13.2. The standard InChI is InChI=1S/C14H23NO3/c1-6-12(10-16)8-7-11(2)9-15-13(17)18-14(3,4)5/h6-8,16H,1,9-10H2,2-5H3,(H,15,17)/b11-7+,12-8+. The number of aliphatic hydroxyl groups excluding tert-OH is 1. The van der Waals surface area contributed by atoms with Crippen LogP contribution in [0, 0.1) is 0 Å². The molecule has 0 heterocycles. The lowest BCUT2D eigenvalue weighted by molar-refractivity contribution is 0.0532. The van der Waals surface area contributed by atoms with Crippen molar-refractivity contribution in [2.24, 2.45) is 0 Å². The van der Waals surface area contributed by atoms with Crippen molar-refractivity contribution in [2.75, 3.05) is 13.2 Å². The average molecular weight is 253 g/mol. The van der Waals surface area contributed by atoms with Crippen LogP contribution >= 0.6 is 0 Å². The van der Waals surface area contributed by atoms with Crippen molar-refractivity contribution in [3.05, 3.63) is 36.0 Å². The zero-order valence-electron chi connectivity index (χ0n) is 11.6. The molecule has 2 N–H and O–H groups in total. The predicted octanol–water partition coefficient (Wildman–Crippen LogP) is 2.56. The fourth-order valence-corrected chi connectivity index (χ4v) is 1.02. The Kier molecular flexibility index (Phi) is 7.05. The summed E-state index contributed by atoms with van der Waals surface area (Å²) >= 11 is 0. The van der Waals surface area contributed by atoms with Crippen molar-refractivity contribution in [3.8, 4) is 0 Å². The van der Waals surface area contributed by atoms with Crippen LogP contribution in [0.2, 0.25) is 0 Å². The molecule has 102 valence electrons. The lowest BCUT2D eigenvalue weighted by Gasteiger charge is -2.19. The summed E-state index contributed by atoms with van der Waals surface area (Å²) in [6.07, 6.45) is 4.74. The molecule has 0 atom stereocenters. The number of ether oxygens (including phenoxy) is 1. The lowest BCUT2D eigenvalue weighted by atomic mass is 10.2. The third-order valence-corrected chi connectivity index (χ3v) is 1.94. The van der Waals surface area contributed by atoms with E-state index >= 15 is 0 Å². The Labute approximate surface area is 109 Å². The van der Waals surface area contributed by atoms with Gasteiger partial charge in [0.05, 0.1) is 6.61 Å². The summed E-state index contributed by atoms with van der Waals surface area (Å²) in [6.45, 7) is 11.3. The van der Waals surface area contributed by atoms with Crippen LogP contribution < -0.4 is 5.32 Å². The van der Waals surface area contributed by atoms with E-state index in [1.165, 1.54) is 0 Å². The summed E-state index contributed by atoms with van der Waals surface area (Å²) < 4.78 is 5.11. The second-order valence-corrected chi connectivity index (χ2v) is 4.97. The number of hydrogen-bond acceptors (Lipinski definition) is 3. The number of carbonyl (C=O) groups excluding carboxylic acids is 1. The summed E-state index contributed by atoms with van der Waals surface area (Å²) in [5.41, 5.74) is 1.19. The average Bonchev–Trinajstić information content (AvgIpc) is 2.25. The van der Waals surface area contributed by atoms with Gasteiger partial charge in [-0.05, 0) is 33.3 Å². The van der Waals surface area contributed by atoms with Gasteiger partial charge in [0.25, 0.3) is 0 Å². The Morgan fingerprint density at radius 3 is 2.44 bits per heavy atom. The van der Waals surface area contributed by atoms with Crippen molar-refractivity contribution in [1.82, 2.24) is 5.32 Å². The molecule has 0 unspecified atom stereocenters. The van der Waals surface area contributed by atoms with Gasteiger partial charge in [0.15, 0.2) is 0 Å². The van der Waals surface area contributed by atoms with Crippen molar-refractivity contribution in [2.45, 2.75) is 33.3 Å². The van der Waals surface area contributed by atoms with E-state index in [4.69, 9.17) is 9.84 Å². The zero-order valence-corrected chi connectivity index (χ0v) is 11.6. The van der Waals surface area contributed by atoms with Crippen LogP contribution in [0.4, 0.5) is 4.79 Å². The molecule has 0 fully saturated rings. The Balaban J connectivity index is 4.22. The van der Waals surface area contributed by atoms with Crippen LogP contribution in [-0.4, -0.2) is 30.0 Å². The highest BCUT2D eigenvalue weighted by Crippen LogP contribution is 2.06. The summed E-state index contributed by atoms with van der Waals surface area (Å²) in [7, 11) is 0. The highest BCUT2D eigenvalue weighted by Gasteiger charge is 2.15. The van der Waals surface area contributed by atoms with Gasteiger partial charge in [0, 0.05) is 6.54 Å². The molecule has 0 aliphatic heterocycles. The van der Waals surface area contributed by atoms with Crippen molar-refractivity contribution in [3.63, 3.8) is 0 Å². The number of rotatable bonds is 5. The Morgan fingerprint density at radius 1 is 1.39 bits per heavy atom. The van der Waals surface area contributed by atoms with Crippen LogP contribution in [0.25, 0.3) is 0 Å². The van der Waals surface area contributed by atoms with E-state index in [1.807, 2.05) is 33.8 Å². The molecule has 4 nitrogen and oxygen atoms in total. The van der Waals surface area contributed by atoms with Gasteiger partial charge in [-0.15, -0.1) is 0 Å². The highest BCUT2D eigenvalue weighted by atomic mass is 16.6. The minimum Gasteiger partial charge on any atom is -0.444 e. The van der Waals surface area contributed by atoms with Gasteiger partial charge in [-0.1, -0.05) is 30.4 Å². The first-order chi connectivity index (χ1) is 8.28. The molecule has 0 aliphatic rings. The number of hydrogen-bond donors (Lipinski definition) is 2. The Hall–Kier alpha value is -1.55. The van der Waals surface area contributed by atoms with Crippen LogP contribution in [0.5, 0.6) is 0 Å². The molecule has 0 aliphatic carbocycles. The minimum atomic E-state index is -0.492. The van der Waals surface area contributed by atoms with Crippen LogP contribution in [0.1, 0.15) is 27.7 Å². The maximum absolute atomic E-state index is 11.4. The predicted molar refractivity (Wildman–Crippen MR) is 73.4 cm³/mol. The number of aliphatic hydroxyl groups is 1. The number of carbonyl (C=O) groups is 1. The first kappa shape index (κ1) is 16.4. The monoisotopic (exact) mass is 253 g/mol. The summed E-state index contributed by atoms with van der Waals surface area (Å²) in [5, 5.41) is 11.6. The third-order valence-electron chi connectivity index (χ3n) is 1.94. The summed E-state index contributed by atoms with van der Waals surface area (Å²) in [6, 6.07) is 0. The van der Waals surface area contributed by atoms with Crippen LogP contribution in [-0.2, 0) is 4.74 Å². The summed E-state index contributed by atoms with van der Waals surface area (Å²) in [4.78, 5) is 11.4. The molecule has 0 saturated heterocycles. The quantitative estimate of drug-likeness (QED) is 0.740. The Bertz CT molecular complexity index is 349. The molecule has 0 aromatic rings. The molecule has 4 heteroatoms. The smallest absolute Gasteiger partial charge is 0.407 e. The van der Waals surface area contributed by atoms with E-state index in [-0.39, 0.29) is 6.61 Å². The Morgan fingerprint density at radius 2 is 2.00 bits per heavy atom. The molecule has 0 rings (SSSR count). The van der Waals surface area contributed by atoms with Crippen molar-refractivity contribution < 1.29 is 14.6 Å². The first-order valence-electron chi connectivity index (χ1n) is 5.85. The number of allylic oxidation sites excluding steroid dienone is 2. The largest absolute Gasteiger partial charge is 0.444 e. The molecular formula is C14H23NO3. The van der Waals surface area contributed by atoms with Gasteiger partial charge in [0.2, 0.25) is 0 Å². The van der Waals surface area contributed by atoms with Gasteiger partial charge >= 0.3 is 6.09 Å². The van der Waals surface area contributed by atoms with E-state index in [0.29, 0.717) is 6.54 Å². The minimum absolute atomic E-state index is 0.0488. The second-order valence-electron chi connectivity index (χ2n) is 4.97. The van der Waals surface area contributed by atoms with Gasteiger partial charge < -0.3 is 15.2 Å². The van der Waals surface area contributed by atoms with Crippen molar-refractivity contribution >= 4 is 6.09 Å². The van der Waals surface area contributed by atoms with E-state index in [2.05, 4.69) is 11.9 Å². The van der Waals surface area contributed by atoms with Crippen LogP contribution in [0.15, 0.2) is 36.0 Å². The van der Waals surface area contributed by atoms with Gasteiger partial charge in [0.1, 0.15) is 5.60 Å². The third kappa shape index (κ3) is 8.58. The highest BCUT2D eigenvalue weighted by molar-refractivity contribution is 5.68. The van der Waals surface area contributed by atoms with Gasteiger partial charge in [-0.3, -0.25) is 0 Å². The lowest BCUT2D eigenvalue weighted by Crippen LogP contribution is -2.33. The van der Waals surface area contributed by atoms with E-state index < -0.39 is 11.7 Å². The number of amides is 1. The number of alkyl carbamates (subject to hydrolysis) is 1. The van der Waals surface area contributed by atoms with Crippen LogP contribution in [0.3, 0.4) is 0 Å². The molecule has 18 heavy (non-hydrogen) atoms. The first-order valence-corrected chi connectivity index (χ1v) is 5.85. The maximum atomic E-state index is 11.4. The molecule has 0 aromatic heterocycles. The topological polar surface area (TPSA) is 58.6 Å². The van der Waals surface area contributed by atoms with Gasteiger partial charge in [-0.25, -0.2) is 4.79 Å². The van der Waals surface area contributed by atoms with E-state index in [0.717, 1.165) is 11.1 Å². The maximum Gasteiger partial charge on any atom is 0.407 e. The molecule has 0 saturated carbocycles. The molecule has 0 spiro atoms. The molecule has 0 aromatic carbocycles. The number of nitrogens with one attached hydrogen (secondary N) is 1. The van der Waals surface area contributed by atoms with Crippen molar-refractivity contribution in [1.29, 1.82) is 0 Å². The molecule has 0 radical (unpaired) electrons. The molecule has 0 bridgehead atoms. The zero-order chi connectivity index (χ0) is 14.2. The summed E-state index contributed by atoms with van der Waals surface area (Å²) in [5.74, 6) is 0. The van der Waals surface area contributed by atoms with E-state index in [1.54, 1.807) is 12.2 Å². The second kappa shape index (κ2) is 7.71. The fourth-order valence-electron chi connectivity index (χ4n) is 1.02. The fraction of sp³-hybridized carbons (Fsp3) is 0.500. The SMILES string of the molecule is C=C/C(=C\C=C(/C)CNC(=O)OC(C)(C)C)CO. The van der Waals surface area contributed by atoms with E-state index in [9.17, 15) is 4.79 Å². The molecular weight excluding hydrogens is 230 g/mol. The molecule has 1 amide bonds.